The molecule has 4 aromatic rings. The van der Waals surface area contributed by atoms with E-state index in [2.05, 4.69) is 9.88 Å². The van der Waals surface area contributed by atoms with Gasteiger partial charge >= 0.3 is 5.63 Å². The van der Waals surface area contributed by atoms with Gasteiger partial charge < -0.3 is 9.52 Å². The monoisotopic (exact) mass is 404 g/mol. The van der Waals surface area contributed by atoms with Crippen molar-refractivity contribution in [2.45, 2.75) is 19.4 Å². The molecule has 1 fully saturated rings. The second-order valence-corrected chi connectivity index (χ2v) is 8.17. The van der Waals surface area contributed by atoms with Crippen molar-refractivity contribution in [3.05, 3.63) is 69.9 Å². The molecule has 6 heteroatoms. The maximum atomic E-state index is 12.8. The lowest BCUT2D eigenvalue weighted by atomic mass is 10.1. The van der Waals surface area contributed by atoms with Gasteiger partial charge in [0, 0.05) is 22.9 Å². The molecule has 0 aliphatic carbocycles. The third-order valence-electron chi connectivity index (χ3n) is 5.37. The Labute approximate surface area is 171 Å². The number of aromatic hydroxyl groups is 1. The Morgan fingerprint density at radius 2 is 1.90 bits per heavy atom. The topological polar surface area (TPSA) is 66.6 Å². The Morgan fingerprint density at radius 1 is 1.10 bits per heavy atom. The Morgan fingerprint density at radius 3 is 2.69 bits per heavy atom. The predicted molar refractivity (Wildman–Crippen MR) is 115 cm³/mol. The van der Waals surface area contributed by atoms with Crippen LogP contribution in [0.3, 0.4) is 0 Å². The molecule has 0 spiro atoms. The van der Waals surface area contributed by atoms with Gasteiger partial charge in [-0.3, -0.25) is 4.90 Å². The van der Waals surface area contributed by atoms with Crippen LogP contribution in [0.2, 0.25) is 0 Å². The zero-order chi connectivity index (χ0) is 19.8. The van der Waals surface area contributed by atoms with E-state index in [1.165, 1.54) is 11.3 Å². The molecule has 0 saturated carbocycles. The lowest BCUT2D eigenvalue weighted by Crippen LogP contribution is -2.19. The van der Waals surface area contributed by atoms with Crippen LogP contribution in [0.4, 0.5) is 0 Å². The normalized spacial score (nSPS) is 14.6. The van der Waals surface area contributed by atoms with Crippen LogP contribution in [-0.4, -0.2) is 28.1 Å². The first-order valence-electron chi connectivity index (χ1n) is 9.71. The zero-order valence-electron chi connectivity index (χ0n) is 15.8. The van der Waals surface area contributed by atoms with E-state index in [0.717, 1.165) is 42.6 Å². The van der Waals surface area contributed by atoms with Crippen LogP contribution in [0, 0.1) is 0 Å². The summed E-state index contributed by atoms with van der Waals surface area (Å²) < 4.78 is 5.71. The van der Waals surface area contributed by atoms with Crippen LogP contribution in [0.25, 0.3) is 32.8 Å². The highest BCUT2D eigenvalue weighted by atomic mass is 32.1. The van der Waals surface area contributed by atoms with E-state index in [4.69, 9.17) is 4.42 Å². The lowest BCUT2D eigenvalue weighted by Gasteiger charge is -2.16. The maximum absolute atomic E-state index is 12.8. The number of aromatic nitrogens is 1. The van der Waals surface area contributed by atoms with Gasteiger partial charge in [0.1, 0.15) is 16.3 Å². The molecule has 1 N–H and O–H groups in total. The van der Waals surface area contributed by atoms with Crippen molar-refractivity contribution >= 4 is 22.3 Å². The van der Waals surface area contributed by atoms with Crippen molar-refractivity contribution in [2.24, 2.45) is 0 Å². The van der Waals surface area contributed by atoms with Crippen molar-refractivity contribution in [1.29, 1.82) is 0 Å². The van der Waals surface area contributed by atoms with Crippen molar-refractivity contribution < 1.29 is 9.52 Å². The Hall–Kier alpha value is -2.96. The average molecular weight is 404 g/mol. The molecule has 1 aliphatic rings. The van der Waals surface area contributed by atoms with Crippen molar-refractivity contribution in [3.63, 3.8) is 0 Å². The molecule has 0 atom stereocenters. The van der Waals surface area contributed by atoms with E-state index in [1.807, 2.05) is 41.8 Å². The SMILES string of the molecule is O=c1oc2c(CN3CCCC3)c(O)ccc2cc1-c1nc(-c2ccccc2)cs1. The lowest BCUT2D eigenvalue weighted by molar-refractivity contribution is 0.323. The molecular formula is C23H20N2O3S. The molecule has 0 bridgehead atoms. The summed E-state index contributed by atoms with van der Waals surface area (Å²) in [5.41, 5.74) is 3.01. The number of rotatable bonds is 4. The van der Waals surface area contributed by atoms with E-state index in [-0.39, 0.29) is 5.75 Å². The fraction of sp³-hybridized carbons (Fsp3) is 0.217. The van der Waals surface area contributed by atoms with Gasteiger partial charge in [0.05, 0.1) is 16.8 Å². The summed E-state index contributed by atoms with van der Waals surface area (Å²) in [4.78, 5) is 19.7. The van der Waals surface area contributed by atoms with Crippen LogP contribution in [-0.2, 0) is 6.54 Å². The molecular weight excluding hydrogens is 384 g/mol. The van der Waals surface area contributed by atoms with Gasteiger partial charge in [-0.2, -0.15) is 0 Å². The highest BCUT2D eigenvalue weighted by Gasteiger charge is 2.19. The third-order valence-corrected chi connectivity index (χ3v) is 6.24. The standard InChI is InChI=1S/C23H20N2O3S/c26-20-9-8-16-12-17(22-24-19(14-29-22)15-6-2-1-3-7-15)23(27)28-21(16)18(20)13-25-10-4-5-11-25/h1-3,6-9,12,14,26H,4-5,10-11,13H2. The second kappa shape index (κ2) is 7.46. The fourth-order valence-electron chi connectivity index (χ4n) is 3.84. The van der Waals surface area contributed by atoms with E-state index in [9.17, 15) is 9.90 Å². The Kier molecular flexibility index (Phi) is 4.66. The number of thiazole rings is 1. The van der Waals surface area contributed by atoms with Crippen molar-refractivity contribution in [2.75, 3.05) is 13.1 Å². The third kappa shape index (κ3) is 3.45. The number of nitrogens with zero attached hydrogens (tertiary/aromatic N) is 2. The molecule has 5 rings (SSSR count). The maximum Gasteiger partial charge on any atom is 0.346 e. The summed E-state index contributed by atoms with van der Waals surface area (Å²) >= 11 is 1.42. The Balaban J connectivity index is 1.56. The van der Waals surface area contributed by atoms with Crippen LogP contribution in [0.1, 0.15) is 18.4 Å². The van der Waals surface area contributed by atoms with Gasteiger partial charge in [0.15, 0.2) is 0 Å². The molecule has 1 saturated heterocycles. The quantitative estimate of drug-likeness (QED) is 0.491. The van der Waals surface area contributed by atoms with Gasteiger partial charge in [0.2, 0.25) is 0 Å². The number of likely N-dealkylation sites (tertiary alicyclic amines) is 1. The van der Waals surface area contributed by atoms with Gasteiger partial charge in [-0.05, 0) is 44.1 Å². The molecule has 5 nitrogen and oxygen atoms in total. The molecule has 1 aliphatic heterocycles. The minimum absolute atomic E-state index is 0.168. The number of phenolic OH excluding ortho intramolecular Hbond substituents is 1. The van der Waals surface area contributed by atoms with Crippen LogP contribution in [0.5, 0.6) is 5.75 Å². The molecule has 0 radical (unpaired) electrons. The molecule has 0 unspecified atom stereocenters. The number of hydrogen-bond donors (Lipinski definition) is 1. The summed E-state index contributed by atoms with van der Waals surface area (Å²) in [6.45, 7) is 2.58. The minimum atomic E-state index is -0.431. The summed E-state index contributed by atoms with van der Waals surface area (Å²) in [5, 5.41) is 13.8. The highest BCUT2D eigenvalue weighted by Crippen LogP contribution is 2.32. The fourth-order valence-corrected chi connectivity index (χ4v) is 4.67. The van der Waals surface area contributed by atoms with Gasteiger partial charge in [0.25, 0.3) is 0 Å². The van der Waals surface area contributed by atoms with Crippen LogP contribution < -0.4 is 5.63 Å². The highest BCUT2D eigenvalue weighted by molar-refractivity contribution is 7.13. The minimum Gasteiger partial charge on any atom is -0.507 e. The first-order valence-corrected chi connectivity index (χ1v) is 10.6. The van der Waals surface area contributed by atoms with Gasteiger partial charge in [-0.1, -0.05) is 30.3 Å². The Bertz CT molecular complexity index is 1220. The van der Waals surface area contributed by atoms with Crippen molar-refractivity contribution in [3.8, 4) is 27.6 Å². The largest absolute Gasteiger partial charge is 0.507 e. The molecule has 29 heavy (non-hydrogen) atoms. The smallest absolute Gasteiger partial charge is 0.346 e. The second-order valence-electron chi connectivity index (χ2n) is 7.32. The van der Waals surface area contributed by atoms with E-state index in [0.29, 0.717) is 28.3 Å². The summed E-state index contributed by atoms with van der Waals surface area (Å²) in [6, 6.07) is 15.2. The molecule has 146 valence electrons. The van der Waals surface area contributed by atoms with E-state index in [1.54, 1.807) is 12.1 Å². The van der Waals surface area contributed by atoms with Crippen LogP contribution in [0.15, 0.2) is 63.1 Å². The average Bonchev–Trinajstić information content (AvgIpc) is 3.43. The predicted octanol–water partition coefficient (Wildman–Crippen LogP) is 4.88. The molecule has 3 heterocycles. The first kappa shape index (κ1) is 18.1. The first-order chi connectivity index (χ1) is 14.2. The van der Waals surface area contributed by atoms with Gasteiger partial charge in [-0.15, -0.1) is 11.3 Å². The number of fused-ring (bicyclic) bond motifs is 1. The summed E-state index contributed by atoms with van der Waals surface area (Å²) in [5.74, 6) is 0.168. The molecule has 0 amide bonds. The summed E-state index contributed by atoms with van der Waals surface area (Å²) in [7, 11) is 0. The molecule has 2 aromatic carbocycles. The molecule has 2 aromatic heterocycles. The number of hydrogen-bond acceptors (Lipinski definition) is 6. The van der Waals surface area contributed by atoms with E-state index >= 15 is 0 Å². The van der Waals surface area contributed by atoms with Gasteiger partial charge in [-0.25, -0.2) is 9.78 Å². The number of benzene rings is 2. The zero-order valence-corrected chi connectivity index (χ0v) is 16.6. The summed E-state index contributed by atoms with van der Waals surface area (Å²) in [6.07, 6.45) is 2.32. The number of phenols is 1. The van der Waals surface area contributed by atoms with Crippen molar-refractivity contribution in [1.82, 2.24) is 9.88 Å². The van der Waals surface area contributed by atoms with E-state index < -0.39 is 5.63 Å². The van der Waals surface area contributed by atoms with Crippen LogP contribution >= 0.6 is 11.3 Å².